The molecule has 4 rings (SSSR count). The summed E-state index contributed by atoms with van der Waals surface area (Å²) in [5, 5.41) is 0.579. The molecule has 0 N–H and O–H groups in total. The maximum atomic E-state index is 13.5. The van der Waals surface area contributed by atoms with Gasteiger partial charge in [0, 0.05) is 29.9 Å². The van der Waals surface area contributed by atoms with E-state index in [2.05, 4.69) is 0 Å². The number of likely N-dealkylation sites (tertiary alicyclic amines) is 1. The van der Waals surface area contributed by atoms with Crippen LogP contribution in [0.1, 0.15) is 34.3 Å². The molecule has 0 saturated carbocycles. The molecule has 1 unspecified atom stereocenters. The van der Waals surface area contributed by atoms with E-state index >= 15 is 0 Å². The van der Waals surface area contributed by atoms with Crippen molar-refractivity contribution < 1.29 is 9.18 Å². The standard InChI is InChI=1S/C24H22ClFN2O2/c25-22-9-2-1-6-18(22)15-27-16-19(10-11-23(27)29)24(30)28-12-4-8-21(28)14-17-5-3-7-20(26)13-17/h1-3,5-7,9-11,13,16,21H,4,8,12,14-15H2. The summed E-state index contributed by atoms with van der Waals surface area (Å²) < 4.78 is 15.0. The lowest BCUT2D eigenvalue weighted by atomic mass is 10.0. The van der Waals surface area contributed by atoms with Crippen LogP contribution in [0.3, 0.4) is 0 Å². The summed E-state index contributed by atoms with van der Waals surface area (Å²) in [6, 6.07) is 16.9. The summed E-state index contributed by atoms with van der Waals surface area (Å²) in [6.45, 7) is 0.953. The predicted molar refractivity (Wildman–Crippen MR) is 115 cm³/mol. The van der Waals surface area contributed by atoms with E-state index in [9.17, 15) is 14.0 Å². The zero-order valence-corrected chi connectivity index (χ0v) is 17.2. The van der Waals surface area contributed by atoms with Crippen LogP contribution in [0.4, 0.5) is 4.39 Å². The molecule has 1 atom stereocenters. The number of benzene rings is 2. The van der Waals surface area contributed by atoms with Crippen molar-refractivity contribution in [2.24, 2.45) is 0 Å². The quantitative estimate of drug-likeness (QED) is 0.603. The van der Waals surface area contributed by atoms with Gasteiger partial charge in [-0.3, -0.25) is 9.59 Å². The number of rotatable bonds is 5. The molecule has 3 aromatic rings. The summed E-state index contributed by atoms with van der Waals surface area (Å²) in [6.07, 6.45) is 4.00. The van der Waals surface area contributed by atoms with Gasteiger partial charge in [-0.05, 0) is 54.7 Å². The lowest BCUT2D eigenvalue weighted by Gasteiger charge is -2.25. The first-order valence-corrected chi connectivity index (χ1v) is 10.4. The van der Waals surface area contributed by atoms with Crippen LogP contribution in [0, 0.1) is 5.82 Å². The summed E-state index contributed by atoms with van der Waals surface area (Å²) in [5.41, 5.74) is 1.97. The first-order chi connectivity index (χ1) is 14.5. The average Bonchev–Trinajstić information content (AvgIpc) is 3.19. The minimum atomic E-state index is -0.268. The van der Waals surface area contributed by atoms with Crippen LogP contribution in [0.2, 0.25) is 5.02 Å². The molecule has 0 radical (unpaired) electrons. The molecule has 1 aliphatic heterocycles. The van der Waals surface area contributed by atoms with Gasteiger partial charge in [-0.15, -0.1) is 0 Å². The third-order valence-corrected chi connectivity index (χ3v) is 5.90. The number of hydrogen-bond acceptors (Lipinski definition) is 2. The van der Waals surface area contributed by atoms with Crippen molar-refractivity contribution in [2.45, 2.75) is 31.8 Å². The second-order valence-electron chi connectivity index (χ2n) is 7.60. The van der Waals surface area contributed by atoms with Gasteiger partial charge in [-0.1, -0.05) is 41.9 Å². The Hall–Kier alpha value is -2.92. The first-order valence-electron chi connectivity index (χ1n) is 10.0. The highest BCUT2D eigenvalue weighted by Crippen LogP contribution is 2.24. The average molecular weight is 425 g/mol. The Morgan fingerprint density at radius 2 is 1.93 bits per heavy atom. The van der Waals surface area contributed by atoms with E-state index in [0.717, 1.165) is 24.0 Å². The van der Waals surface area contributed by atoms with Gasteiger partial charge in [0.25, 0.3) is 11.5 Å². The fraction of sp³-hybridized carbons (Fsp3) is 0.250. The van der Waals surface area contributed by atoms with Crippen LogP contribution < -0.4 is 5.56 Å². The lowest BCUT2D eigenvalue weighted by molar-refractivity contribution is 0.0735. The van der Waals surface area contributed by atoms with Crippen molar-refractivity contribution in [3.05, 3.63) is 105 Å². The number of hydrogen-bond donors (Lipinski definition) is 0. The SMILES string of the molecule is O=C(c1ccc(=O)n(Cc2ccccc2Cl)c1)N1CCCC1Cc1cccc(F)c1. The zero-order valence-electron chi connectivity index (χ0n) is 16.4. The third-order valence-electron chi connectivity index (χ3n) is 5.53. The van der Waals surface area contributed by atoms with E-state index in [1.807, 2.05) is 29.2 Å². The Bertz CT molecular complexity index is 1130. The number of pyridine rings is 1. The van der Waals surface area contributed by atoms with Gasteiger partial charge in [-0.2, -0.15) is 0 Å². The van der Waals surface area contributed by atoms with Crippen molar-refractivity contribution in [1.29, 1.82) is 0 Å². The Balaban J connectivity index is 1.55. The van der Waals surface area contributed by atoms with Crippen LogP contribution in [-0.4, -0.2) is 28.0 Å². The first kappa shape index (κ1) is 20.4. The highest BCUT2D eigenvalue weighted by atomic mass is 35.5. The van der Waals surface area contributed by atoms with Gasteiger partial charge in [0.15, 0.2) is 0 Å². The van der Waals surface area contributed by atoms with Crippen LogP contribution in [-0.2, 0) is 13.0 Å². The Morgan fingerprint density at radius 1 is 1.10 bits per heavy atom. The van der Waals surface area contributed by atoms with E-state index in [-0.39, 0.29) is 23.3 Å². The molecular weight excluding hydrogens is 403 g/mol. The number of carbonyl (C=O) groups is 1. The molecule has 1 amide bonds. The summed E-state index contributed by atoms with van der Waals surface area (Å²) >= 11 is 6.22. The number of halogens is 2. The van der Waals surface area contributed by atoms with Gasteiger partial charge in [0.05, 0.1) is 12.1 Å². The fourth-order valence-electron chi connectivity index (χ4n) is 4.01. The Morgan fingerprint density at radius 3 is 2.73 bits per heavy atom. The second kappa shape index (κ2) is 8.84. The molecule has 6 heteroatoms. The molecule has 154 valence electrons. The summed E-state index contributed by atoms with van der Waals surface area (Å²) in [5.74, 6) is -0.378. The van der Waals surface area contributed by atoms with Gasteiger partial charge in [-0.25, -0.2) is 4.39 Å². The van der Waals surface area contributed by atoms with Crippen LogP contribution in [0.25, 0.3) is 0 Å². The highest BCUT2D eigenvalue weighted by molar-refractivity contribution is 6.31. The number of amides is 1. The molecule has 0 bridgehead atoms. The Labute approximate surface area is 179 Å². The molecular formula is C24H22ClFN2O2. The maximum Gasteiger partial charge on any atom is 0.255 e. The Kier molecular flexibility index (Phi) is 6.00. The molecule has 0 spiro atoms. The van der Waals surface area contributed by atoms with Crippen LogP contribution in [0.15, 0.2) is 71.7 Å². The summed E-state index contributed by atoms with van der Waals surface area (Å²) in [4.78, 5) is 27.4. The molecule has 1 saturated heterocycles. The second-order valence-corrected chi connectivity index (χ2v) is 8.01. The number of aromatic nitrogens is 1. The highest BCUT2D eigenvalue weighted by Gasteiger charge is 2.29. The van der Waals surface area contributed by atoms with Crippen molar-refractivity contribution in [3.63, 3.8) is 0 Å². The van der Waals surface area contributed by atoms with Crippen molar-refractivity contribution in [3.8, 4) is 0 Å². The minimum absolute atomic E-state index is 0.0169. The largest absolute Gasteiger partial charge is 0.335 e. The van der Waals surface area contributed by atoms with Crippen molar-refractivity contribution >= 4 is 17.5 Å². The van der Waals surface area contributed by atoms with E-state index in [1.54, 1.807) is 24.4 Å². The predicted octanol–water partition coefficient (Wildman–Crippen LogP) is 4.54. The fourth-order valence-corrected chi connectivity index (χ4v) is 4.20. The molecule has 30 heavy (non-hydrogen) atoms. The molecule has 0 aliphatic carbocycles. The molecule has 2 heterocycles. The van der Waals surface area contributed by atoms with Gasteiger partial charge in [0.1, 0.15) is 5.82 Å². The molecule has 1 aromatic heterocycles. The van der Waals surface area contributed by atoms with Gasteiger partial charge >= 0.3 is 0 Å². The molecule has 2 aromatic carbocycles. The van der Waals surface area contributed by atoms with Crippen molar-refractivity contribution in [2.75, 3.05) is 6.54 Å². The maximum absolute atomic E-state index is 13.5. The van der Waals surface area contributed by atoms with Gasteiger partial charge < -0.3 is 9.47 Å². The molecule has 1 aliphatic rings. The van der Waals surface area contributed by atoms with Crippen molar-refractivity contribution in [1.82, 2.24) is 9.47 Å². The monoisotopic (exact) mass is 424 g/mol. The van der Waals surface area contributed by atoms with Gasteiger partial charge in [0.2, 0.25) is 0 Å². The van der Waals surface area contributed by atoms with E-state index in [0.29, 0.717) is 30.1 Å². The molecule has 4 nitrogen and oxygen atoms in total. The minimum Gasteiger partial charge on any atom is -0.335 e. The normalized spacial score (nSPS) is 16.1. The lowest BCUT2D eigenvalue weighted by Crippen LogP contribution is -2.37. The number of nitrogens with zero attached hydrogens (tertiary/aromatic N) is 2. The topological polar surface area (TPSA) is 42.3 Å². The van der Waals surface area contributed by atoms with E-state index < -0.39 is 0 Å². The van der Waals surface area contributed by atoms with E-state index in [4.69, 9.17) is 11.6 Å². The summed E-state index contributed by atoms with van der Waals surface area (Å²) in [7, 11) is 0. The smallest absolute Gasteiger partial charge is 0.255 e. The van der Waals surface area contributed by atoms with Crippen LogP contribution in [0.5, 0.6) is 0 Å². The van der Waals surface area contributed by atoms with E-state index in [1.165, 1.54) is 22.8 Å². The third kappa shape index (κ3) is 4.46. The van der Waals surface area contributed by atoms with Crippen LogP contribution >= 0.6 is 11.6 Å². The zero-order chi connectivity index (χ0) is 21.1. The molecule has 1 fully saturated rings. The number of carbonyl (C=O) groups excluding carboxylic acids is 1.